The van der Waals surface area contributed by atoms with Gasteiger partial charge in [0.05, 0.1) is 0 Å². The molecule has 0 spiro atoms. The molecule has 1 aliphatic rings. The van der Waals surface area contributed by atoms with Crippen molar-refractivity contribution < 1.29 is 19.4 Å². The number of carbonyl (C=O) groups is 2. The highest BCUT2D eigenvalue weighted by Gasteiger charge is 2.38. The van der Waals surface area contributed by atoms with Crippen molar-refractivity contribution in [2.45, 2.75) is 32.7 Å². The average Bonchev–Trinajstić information content (AvgIpc) is 2.40. The second kappa shape index (κ2) is 5.94. The van der Waals surface area contributed by atoms with Crippen LogP contribution in [0.2, 0.25) is 0 Å². The van der Waals surface area contributed by atoms with Crippen molar-refractivity contribution in [2.75, 3.05) is 6.61 Å². The van der Waals surface area contributed by atoms with Crippen LogP contribution in [0.4, 0.5) is 0 Å². The van der Waals surface area contributed by atoms with Gasteiger partial charge in [0.15, 0.2) is 6.61 Å². The van der Waals surface area contributed by atoms with E-state index in [1.165, 1.54) is 0 Å². The predicted molar refractivity (Wildman–Crippen MR) is 73.4 cm³/mol. The number of ether oxygens (including phenoxy) is 1. The number of carboxylic acids is 1. The fraction of sp³-hybridized carbons (Fsp3) is 0.467. The Morgan fingerprint density at radius 3 is 2.75 bits per heavy atom. The van der Waals surface area contributed by atoms with E-state index in [0.717, 1.165) is 24.8 Å². The Morgan fingerprint density at radius 2 is 2.15 bits per heavy atom. The van der Waals surface area contributed by atoms with E-state index >= 15 is 0 Å². The molecule has 0 unspecified atom stereocenters. The number of amides is 1. The Kier molecular flexibility index (Phi) is 4.27. The van der Waals surface area contributed by atoms with Crippen LogP contribution in [0.3, 0.4) is 0 Å². The van der Waals surface area contributed by atoms with Crippen LogP contribution < -0.4 is 10.1 Å². The summed E-state index contributed by atoms with van der Waals surface area (Å²) < 4.78 is 5.10. The van der Waals surface area contributed by atoms with Gasteiger partial charge < -0.3 is 15.2 Å². The molecule has 108 valence electrons. The van der Waals surface area contributed by atoms with Crippen LogP contribution in [-0.4, -0.2) is 23.6 Å². The van der Waals surface area contributed by atoms with Gasteiger partial charge in [-0.3, -0.25) is 4.79 Å². The third-order valence-corrected chi connectivity index (χ3v) is 3.72. The molecule has 0 aromatic heterocycles. The molecule has 0 radical (unpaired) electrons. The van der Waals surface area contributed by atoms with E-state index < -0.39 is 5.97 Å². The number of nitrogens with one attached hydrogen (secondary N) is 1. The van der Waals surface area contributed by atoms with Crippen LogP contribution in [0.1, 0.15) is 31.7 Å². The van der Waals surface area contributed by atoms with Gasteiger partial charge in [0.25, 0.3) is 0 Å². The van der Waals surface area contributed by atoms with Crippen molar-refractivity contribution in [1.29, 1.82) is 0 Å². The van der Waals surface area contributed by atoms with Gasteiger partial charge in [0.2, 0.25) is 5.91 Å². The van der Waals surface area contributed by atoms with E-state index in [4.69, 9.17) is 9.84 Å². The summed E-state index contributed by atoms with van der Waals surface area (Å²) in [5.41, 5.74) is 0.682. The van der Waals surface area contributed by atoms with Crippen LogP contribution in [-0.2, 0) is 16.1 Å². The van der Waals surface area contributed by atoms with Crippen molar-refractivity contribution in [2.24, 2.45) is 5.41 Å². The second-order valence-corrected chi connectivity index (χ2v) is 5.43. The van der Waals surface area contributed by atoms with Crippen LogP contribution in [0.15, 0.2) is 24.3 Å². The summed E-state index contributed by atoms with van der Waals surface area (Å²) in [4.78, 5) is 22.4. The first-order valence-electron chi connectivity index (χ1n) is 6.71. The molecule has 20 heavy (non-hydrogen) atoms. The standard InChI is InChI=1S/C15H19NO4/c1-15(6-3-7-15)14(19)16-9-11-4-2-5-12(8-11)20-10-13(17)18/h2,4-5,8H,3,6-7,9-10H2,1H3,(H,16,19)(H,17,18). The molecule has 2 N–H and O–H groups in total. The van der Waals surface area contributed by atoms with Crippen LogP contribution in [0, 0.1) is 5.41 Å². The maximum absolute atomic E-state index is 12.0. The Hall–Kier alpha value is -2.04. The highest BCUT2D eigenvalue weighted by molar-refractivity contribution is 5.83. The molecule has 1 aromatic rings. The van der Waals surface area contributed by atoms with E-state index in [0.29, 0.717) is 12.3 Å². The number of rotatable bonds is 6. The van der Waals surface area contributed by atoms with Crippen LogP contribution >= 0.6 is 0 Å². The Labute approximate surface area is 117 Å². The minimum Gasteiger partial charge on any atom is -0.482 e. The molecule has 1 aliphatic carbocycles. The molecular weight excluding hydrogens is 258 g/mol. The van der Waals surface area contributed by atoms with Crippen LogP contribution in [0.25, 0.3) is 0 Å². The van der Waals surface area contributed by atoms with Gasteiger partial charge in [-0.15, -0.1) is 0 Å². The Morgan fingerprint density at radius 1 is 1.40 bits per heavy atom. The summed E-state index contributed by atoms with van der Waals surface area (Å²) in [6, 6.07) is 7.09. The van der Waals surface area contributed by atoms with Gasteiger partial charge in [-0.1, -0.05) is 25.5 Å². The maximum atomic E-state index is 12.0. The largest absolute Gasteiger partial charge is 0.482 e. The summed E-state index contributed by atoms with van der Waals surface area (Å²) in [5.74, 6) is -0.434. The molecule has 1 fully saturated rings. The summed E-state index contributed by atoms with van der Waals surface area (Å²) in [5, 5.41) is 11.5. The fourth-order valence-electron chi connectivity index (χ4n) is 2.22. The highest BCUT2D eigenvalue weighted by Crippen LogP contribution is 2.40. The molecule has 1 aromatic carbocycles. The molecule has 0 atom stereocenters. The van der Waals surface area contributed by atoms with Crippen molar-refractivity contribution in [1.82, 2.24) is 5.32 Å². The highest BCUT2D eigenvalue weighted by atomic mass is 16.5. The third-order valence-electron chi connectivity index (χ3n) is 3.72. The lowest BCUT2D eigenvalue weighted by molar-refractivity contribution is -0.139. The van der Waals surface area contributed by atoms with E-state index in [-0.39, 0.29) is 17.9 Å². The fourth-order valence-corrected chi connectivity index (χ4v) is 2.22. The minimum atomic E-state index is -1.01. The first-order chi connectivity index (χ1) is 9.49. The third kappa shape index (κ3) is 3.50. The van der Waals surface area contributed by atoms with E-state index in [1.54, 1.807) is 18.2 Å². The summed E-state index contributed by atoms with van der Waals surface area (Å²) in [6.45, 7) is 2.05. The number of aliphatic carboxylic acids is 1. The quantitative estimate of drug-likeness (QED) is 0.833. The first kappa shape index (κ1) is 14.4. The van der Waals surface area contributed by atoms with Crippen molar-refractivity contribution in [3.05, 3.63) is 29.8 Å². The maximum Gasteiger partial charge on any atom is 0.341 e. The van der Waals surface area contributed by atoms with Gasteiger partial charge in [-0.25, -0.2) is 4.79 Å². The lowest BCUT2D eigenvalue weighted by atomic mass is 9.70. The van der Waals surface area contributed by atoms with E-state index in [2.05, 4.69) is 5.32 Å². The van der Waals surface area contributed by atoms with Gasteiger partial charge in [-0.2, -0.15) is 0 Å². The Bertz CT molecular complexity index is 508. The van der Waals surface area contributed by atoms with E-state index in [9.17, 15) is 9.59 Å². The smallest absolute Gasteiger partial charge is 0.341 e. The lowest BCUT2D eigenvalue weighted by Crippen LogP contribution is -2.43. The first-order valence-corrected chi connectivity index (χ1v) is 6.71. The molecule has 5 heteroatoms. The topological polar surface area (TPSA) is 75.6 Å². The number of hydrogen-bond donors (Lipinski definition) is 2. The van der Waals surface area contributed by atoms with Crippen molar-refractivity contribution in [3.8, 4) is 5.75 Å². The Balaban J connectivity index is 1.87. The zero-order valence-corrected chi connectivity index (χ0v) is 11.5. The molecule has 2 rings (SSSR count). The average molecular weight is 277 g/mol. The number of benzene rings is 1. The normalized spacial score (nSPS) is 16.1. The molecular formula is C15H19NO4. The number of carboxylic acid groups (broad SMARTS) is 1. The van der Waals surface area contributed by atoms with Crippen LogP contribution in [0.5, 0.6) is 5.75 Å². The van der Waals surface area contributed by atoms with Gasteiger partial charge in [0, 0.05) is 12.0 Å². The summed E-state index contributed by atoms with van der Waals surface area (Å²) in [6.07, 6.45) is 3.00. The zero-order chi connectivity index (χ0) is 14.6. The molecule has 0 heterocycles. The monoisotopic (exact) mass is 277 g/mol. The second-order valence-electron chi connectivity index (χ2n) is 5.43. The zero-order valence-electron chi connectivity index (χ0n) is 11.5. The minimum absolute atomic E-state index is 0.0839. The number of hydrogen-bond acceptors (Lipinski definition) is 3. The molecule has 0 aliphatic heterocycles. The molecule has 0 saturated heterocycles. The van der Waals surface area contributed by atoms with Crippen molar-refractivity contribution >= 4 is 11.9 Å². The van der Waals surface area contributed by atoms with Gasteiger partial charge in [-0.05, 0) is 30.5 Å². The molecule has 0 bridgehead atoms. The predicted octanol–water partition coefficient (Wildman–Crippen LogP) is 1.96. The molecule has 5 nitrogen and oxygen atoms in total. The van der Waals surface area contributed by atoms with Gasteiger partial charge in [0.1, 0.15) is 5.75 Å². The van der Waals surface area contributed by atoms with Crippen molar-refractivity contribution in [3.63, 3.8) is 0 Å². The lowest BCUT2D eigenvalue weighted by Gasteiger charge is -2.36. The summed E-state index contributed by atoms with van der Waals surface area (Å²) in [7, 11) is 0. The van der Waals surface area contributed by atoms with Gasteiger partial charge >= 0.3 is 5.97 Å². The summed E-state index contributed by atoms with van der Waals surface area (Å²) >= 11 is 0. The number of carbonyl (C=O) groups excluding carboxylic acids is 1. The SMILES string of the molecule is CC1(C(=O)NCc2cccc(OCC(=O)O)c2)CCC1. The molecule has 1 saturated carbocycles. The molecule has 1 amide bonds. The van der Waals surface area contributed by atoms with E-state index in [1.807, 2.05) is 13.0 Å².